The second-order valence-corrected chi connectivity index (χ2v) is 4.14. The van der Waals surface area contributed by atoms with Gasteiger partial charge >= 0.3 is 0 Å². The highest BCUT2D eigenvalue weighted by atomic mass is 32.1. The third-order valence-electron chi connectivity index (χ3n) is 1.56. The molecule has 56 valence electrons. The number of hydrogen-bond donors (Lipinski definition) is 1. The van der Waals surface area contributed by atoms with Crippen molar-refractivity contribution in [3.63, 3.8) is 0 Å². The molecule has 1 nitrogen and oxygen atoms in total. The zero-order valence-electron chi connectivity index (χ0n) is 6.11. The summed E-state index contributed by atoms with van der Waals surface area (Å²) in [6.45, 7) is 4.24. The van der Waals surface area contributed by atoms with Gasteiger partial charge in [0.15, 0.2) is 0 Å². The lowest BCUT2D eigenvalue weighted by molar-refractivity contribution is 0.748. The Balaban J connectivity index is 2.68. The molecular weight excluding hydrogens is 162 g/mol. The van der Waals surface area contributed by atoms with Gasteiger partial charge in [-0.15, -0.1) is 11.3 Å². The zero-order chi connectivity index (χ0) is 7.56. The number of thiol groups is 1. The van der Waals surface area contributed by atoms with E-state index in [0.29, 0.717) is 11.2 Å². The van der Waals surface area contributed by atoms with E-state index in [1.54, 1.807) is 11.3 Å². The first-order valence-electron chi connectivity index (χ1n) is 3.29. The molecule has 0 saturated heterocycles. The van der Waals surface area contributed by atoms with Crippen molar-refractivity contribution in [2.45, 2.75) is 25.0 Å². The van der Waals surface area contributed by atoms with Gasteiger partial charge in [-0.2, -0.15) is 12.6 Å². The van der Waals surface area contributed by atoms with Crippen molar-refractivity contribution in [2.75, 3.05) is 0 Å². The van der Waals surface area contributed by atoms with Crippen LogP contribution in [-0.4, -0.2) is 10.2 Å². The highest BCUT2D eigenvalue weighted by Crippen LogP contribution is 2.23. The molecule has 0 saturated carbocycles. The molecule has 2 unspecified atom stereocenters. The van der Waals surface area contributed by atoms with Gasteiger partial charge in [-0.3, -0.25) is 0 Å². The molecular formula is C7H11NS2. The van der Waals surface area contributed by atoms with Gasteiger partial charge < -0.3 is 0 Å². The molecule has 0 aromatic carbocycles. The molecule has 0 amide bonds. The van der Waals surface area contributed by atoms with Crippen molar-refractivity contribution >= 4 is 24.0 Å². The van der Waals surface area contributed by atoms with Crippen molar-refractivity contribution in [1.82, 2.24) is 4.98 Å². The molecule has 0 N–H and O–H groups in total. The maximum atomic E-state index is 4.35. The minimum atomic E-state index is 0.395. The van der Waals surface area contributed by atoms with Crippen molar-refractivity contribution in [3.8, 4) is 0 Å². The zero-order valence-corrected chi connectivity index (χ0v) is 7.82. The molecule has 1 heterocycles. The lowest BCUT2D eigenvalue weighted by Gasteiger charge is -2.10. The Labute approximate surface area is 70.9 Å². The topological polar surface area (TPSA) is 12.9 Å². The molecule has 0 fully saturated rings. The van der Waals surface area contributed by atoms with E-state index in [9.17, 15) is 0 Å². The summed E-state index contributed by atoms with van der Waals surface area (Å²) in [4.78, 5) is 4.21. The number of rotatable bonds is 2. The van der Waals surface area contributed by atoms with Crippen molar-refractivity contribution < 1.29 is 0 Å². The van der Waals surface area contributed by atoms with Crippen LogP contribution in [0.2, 0.25) is 0 Å². The largest absolute Gasteiger partial charge is 0.249 e. The SMILES string of the molecule is CC(S)C(C)c1nccs1. The number of thiazole rings is 1. The average Bonchev–Trinajstić information content (AvgIpc) is 2.36. The van der Waals surface area contributed by atoms with E-state index in [0.717, 1.165) is 0 Å². The molecule has 1 rings (SSSR count). The molecule has 3 heteroatoms. The maximum Gasteiger partial charge on any atom is 0.0963 e. The summed E-state index contributed by atoms with van der Waals surface area (Å²) in [5, 5.41) is 3.58. The van der Waals surface area contributed by atoms with E-state index < -0.39 is 0 Å². The summed E-state index contributed by atoms with van der Waals surface area (Å²) >= 11 is 6.05. The van der Waals surface area contributed by atoms with Crippen LogP contribution in [0.3, 0.4) is 0 Å². The normalized spacial score (nSPS) is 16.7. The Morgan fingerprint density at radius 3 is 2.70 bits per heavy atom. The molecule has 0 aliphatic carbocycles. The molecule has 0 aliphatic rings. The van der Waals surface area contributed by atoms with Crippen LogP contribution in [0.5, 0.6) is 0 Å². The fraction of sp³-hybridized carbons (Fsp3) is 0.571. The Morgan fingerprint density at radius 1 is 1.60 bits per heavy atom. The average molecular weight is 173 g/mol. The van der Waals surface area contributed by atoms with Crippen LogP contribution in [0.4, 0.5) is 0 Å². The van der Waals surface area contributed by atoms with Gasteiger partial charge in [0.1, 0.15) is 0 Å². The fourth-order valence-corrected chi connectivity index (χ4v) is 1.71. The summed E-state index contributed by atoms with van der Waals surface area (Å²) in [6.07, 6.45) is 1.84. The van der Waals surface area contributed by atoms with E-state index in [1.807, 2.05) is 11.6 Å². The Bertz CT molecular complexity index is 181. The van der Waals surface area contributed by atoms with Crippen LogP contribution in [0.15, 0.2) is 11.6 Å². The molecule has 0 aliphatic heterocycles. The summed E-state index contributed by atoms with van der Waals surface area (Å²) in [5.41, 5.74) is 0. The number of nitrogens with zero attached hydrogens (tertiary/aromatic N) is 1. The summed E-state index contributed by atoms with van der Waals surface area (Å²) in [5.74, 6) is 0.475. The first-order valence-corrected chi connectivity index (χ1v) is 4.69. The Hall–Kier alpha value is -0.0200. The molecule has 1 aromatic rings. The molecule has 1 aromatic heterocycles. The van der Waals surface area contributed by atoms with E-state index in [2.05, 4.69) is 31.5 Å². The predicted octanol–water partition coefficient (Wildman–Crippen LogP) is 2.56. The van der Waals surface area contributed by atoms with Crippen molar-refractivity contribution in [3.05, 3.63) is 16.6 Å². The fourth-order valence-electron chi connectivity index (χ4n) is 0.666. The molecule has 10 heavy (non-hydrogen) atoms. The van der Waals surface area contributed by atoms with E-state index >= 15 is 0 Å². The number of hydrogen-bond acceptors (Lipinski definition) is 3. The van der Waals surface area contributed by atoms with E-state index in [-0.39, 0.29) is 0 Å². The lowest BCUT2D eigenvalue weighted by Crippen LogP contribution is -2.03. The third-order valence-corrected chi connectivity index (χ3v) is 2.99. The van der Waals surface area contributed by atoms with Gasteiger partial charge in [0.05, 0.1) is 5.01 Å². The highest BCUT2D eigenvalue weighted by Gasteiger charge is 2.11. The van der Waals surface area contributed by atoms with Gasteiger partial charge in [-0.05, 0) is 0 Å². The molecule has 2 atom stereocenters. The van der Waals surface area contributed by atoms with Crippen LogP contribution in [-0.2, 0) is 0 Å². The van der Waals surface area contributed by atoms with E-state index in [4.69, 9.17) is 0 Å². The summed E-state index contributed by atoms with van der Waals surface area (Å²) < 4.78 is 0. The Morgan fingerprint density at radius 2 is 2.30 bits per heavy atom. The number of aromatic nitrogens is 1. The van der Waals surface area contributed by atoms with Gasteiger partial charge in [0, 0.05) is 22.7 Å². The van der Waals surface area contributed by atoms with Crippen molar-refractivity contribution in [1.29, 1.82) is 0 Å². The quantitative estimate of drug-likeness (QED) is 0.678. The van der Waals surface area contributed by atoms with E-state index in [1.165, 1.54) is 5.01 Å². The van der Waals surface area contributed by atoms with Crippen LogP contribution >= 0.6 is 24.0 Å². The molecule has 0 bridgehead atoms. The van der Waals surface area contributed by atoms with Crippen LogP contribution in [0, 0.1) is 0 Å². The van der Waals surface area contributed by atoms with Gasteiger partial charge in [0.25, 0.3) is 0 Å². The molecule has 0 radical (unpaired) electrons. The second-order valence-electron chi connectivity index (χ2n) is 2.40. The van der Waals surface area contributed by atoms with Crippen LogP contribution < -0.4 is 0 Å². The second kappa shape index (κ2) is 3.39. The van der Waals surface area contributed by atoms with Crippen LogP contribution in [0.25, 0.3) is 0 Å². The van der Waals surface area contributed by atoms with Gasteiger partial charge in [-0.25, -0.2) is 4.98 Å². The van der Waals surface area contributed by atoms with Crippen LogP contribution in [0.1, 0.15) is 24.8 Å². The Kier molecular flexibility index (Phi) is 2.74. The summed E-state index contributed by atoms with van der Waals surface area (Å²) in [7, 11) is 0. The monoisotopic (exact) mass is 173 g/mol. The minimum absolute atomic E-state index is 0.395. The van der Waals surface area contributed by atoms with Gasteiger partial charge in [0.2, 0.25) is 0 Å². The van der Waals surface area contributed by atoms with Gasteiger partial charge in [-0.1, -0.05) is 13.8 Å². The lowest BCUT2D eigenvalue weighted by atomic mass is 10.1. The molecule has 0 spiro atoms. The first-order chi connectivity index (χ1) is 4.72. The highest BCUT2D eigenvalue weighted by molar-refractivity contribution is 7.81. The van der Waals surface area contributed by atoms with Crippen molar-refractivity contribution in [2.24, 2.45) is 0 Å². The minimum Gasteiger partial charge on any atom is -0.249 e. The summed E-state index contributed by atoms with van der Waals surface area (Å²) in [6, 6.07) is 0. The predicted molar refractivity (Wildman–Crippen MR) is 49.0 cm³/mol. The first kappa shape index (κ1) is 8.08. The smallest absolute Gasteiger partial charge is 0.0963 e. The third kappa shape index (κ3) is 1.73. The standard InChI is InChI=1S/C7H11NS2/c1-5(6(2)9)7-8-3-4-10-7/h3-6,9H,1-2H3. The maximum absolute atomic E-state index is 4.35.